The van der Waals surface area contributed by atoms with E-state index < -0.39 is 12.1 Å². The molecule has 0 saturated carbocycles. The molecule has 0 fully saturated rings. The number of carboxylic acids is 1. The van der Waals surface area contributed by atoms with Crippen LogP contribution in [0.15, 0.2) is 48.5 Å². The summed E-state index contributed by atoms with van der Waals surface area (Å²) in [6.07, 6.45) is -0.699. The highest BCUT2D eigenvalue weighted by molar-refractivity contribution is 6.30. The number of carbonyl (C=O) groups is 1. The van der Waals surface area contributed by atoms with Crippen LogP contribution < -0.4 is 10.1 Å². The Morgan fingerprint density at radius 3 is 2.36 bits per heavy atom. The lowest BCUT2D eigenvalue weighted by Gasteiger charge is -2.14. The molecule has 0 bridgehead atoms. The lowest BCUT2D eigenvalue weighted by Crippen LogP contribution is -2.26. The molecule has 0 heterocycles. The minimum atomic E-state index is -0.987. The molecule has 0 aliphatic rings. The summed E-state index contributed by atoms with van der Waals surface area (Å²) in [5, 5.41) is 22.4. The van der Waals surface area contributed by atoms with Crippen LogP contribution in [0.25, 0.3) is 0 Å². The van der Waals surface area contributed by atoms with Crippen molar-refractivity contribution in [3.63, 3.8) is 0 Å². The van der Waals surface area contributed by atoms with Gasteiger partial charge in [0.25, 0.3) is 0 Å². The van der Waals surface area contributed by atoms with E-state index in [1.807, 2.05) is 12.1 Å². The first kappa shape index (κ1) is 16.1. The summed E-state index contributed by atoms with van der Waals surface area (Å²) in [7, 11) is 0. The van der Waals surface area contributed by atoms with Crippen molar-refractivity contribution in [3.05, 3.63) is 59.1 Å². The third-order valence-corrected chi connectivity index (χ3v) is 3.18. The maximum absolute atomic E-state index is 10.7. The van der Waals surface area contributed by atoms with E-state index in [2.05, 4.69) is 5.32 Å². The number of halogens is 1. The number of hydrogen-bond donors (Lipinski definition) is 3. The Hall–Kier alpha value is -2.24. The molecule has 2 rings (SSSR count). The van der Waals surface area contributed by atoms with Gasteiger partial charge in [0.05, 0.1) is 5.56 Å². The van der Waals surface area contributed by atoms with Crippen LogP contribution >= 0.6 is 11.6 Å². The Bertz CT molecular complexity index is 613. The average molecular weight is 322 g/mol. The van der Waals surface area contributed by atoms with E-state index >= 15 is 0 Å². The highest BCUT2D eigenvalue weighted by atomic mass is 35.5. The zero-order chi connectivity index (χ0) is 15.9. The molecule has 0 aliphatic carbocycles. The number of benzene rings is 2. The molecule has 2 aromatic rings. The van der Waals surface area contributed by atoms with Gasteiger partial charge in [0.2, 0.25) is 0 Å². The Kier molecular flexibility index (Phi) is 5.63. The predicted molar refractivity (Wildman–Crippen MR) is 84.8 cm³/mol. The van der Waals surface area contributed by atoms with Crippen LogP contribution in [0.1, 0.15) is 10.4 Å². The Balaban J connectivity index is 1.76. The SMILES string of the molecule is O=C(O)c1ccc(OCC(O)CNc2ccc(Cl)cc2)cc1. The summed E-state index contributed by atoms with van der Waals surface area (Å²) >= 11 is 5.79. The van der Waals surface area contributed by atoms with Crippen LogP contribution in [0, 0.1) is 0 Å². The number of aliphatic hydroxyl groups excluding tert-OH is 1. The van der Waals surface area contributed by atoms with E-state index in [1.165, 1.54) is 12.1 Å². The Morgan fingerprint density at radius 2 is 1.77 bits per heavy atom. The fraction of sp³-hybridized carbons (Fsp3) is 0.188. The largest absolute Gasteiger partial charge is 0.491 e. The number of ether oxygens (including phenoxy) is 1. The first-order valence-electron chi connectivity index (χ1n) is 6.68. The van der Waals surface area contributed by atoms with E-state index in [0.29, 0.717) is 17.3 Å². The summed E-state index contributed by atoms with van der Waals surface area (Å²) in [6, 6.07) is 13.2. The van der Waals surface area contributed by atoms with Crippen molar-refractivity contribution in [1.29, 1.82) is 0 Å². The second-order valence-corrected chi connectivity index (χ2v) is 5.12. The van der Waals surface area contributed by atoms with Gasteiger partial charge in [-0.05, 0) is 48.5 Å². The lowest BCUT2D eigenvalue weighted by molar-refractivity contribution is 0.0696. The second-order valence-electron chi connectivity index (χ2n) is 4.68. The van der Waals surface area contributed by atoms with Gasteiger partial charge in [-0.25, -0.2) is 4.79 Å². The fourth-order valence-electron chi connectivity index (χ4n) is 1.75. The van der Waals surface area contributed by atoms with Crippen LogP contribution in [0.2, 0.25) is 5.02 Å². The van der Waals surface area contributed by atoms with Gasteiger partial charge in [-0.1, -0.05) is 11.6 Å². The van der Waals surface area contributed by atoms with Gasteiger partial charge in [-0.3, -0.25) is 0 Å². The number of nitrogens with one attached hydrogen (secondary N) is 1. The van der Waals surface area contributed by atoms with E-state index in [1.54, 1.807) is 24.3 Å². The fourth-order valence-corrected chi connectivity index (χ4v) is 1.87. The Morgan fingerprint density at radius 1 is 1.14 bits per heavy atom. The third-order valence-electron chi connectivity index (χ3n) is 2.93. The number of carboxylic acid groups (broad SMARTS) is 1. The van der Waals surface area contributed by atoms with Crippen LogP contribution in [-0.2, 0) is 0 Å². The van der Waals surface area contributed by atoms with E-state index in [4.69, 9.17) is 21.4 Å². The summed E-state index contributed by atoms with van der Waals surface area (Å²) in [5.74, 6) is -0.478. The molecule has 3 N–H and O–H groups in total. The Labute approximate surface area is 133 Å². The maximum Gasteiger partial charge on any atom is 0.335 e. The normalized spacial score (nSPS) is 11.7. The quantitative estimate of drug-likeness (QED) is 0.731. The average Bonchev–Trinajstić information content (AvgIpc) is 2.52. The minimum absolute atomic E-state index is 0.104. The highest BCUT2D eigenvalue weighted by Gasteiger charge is 2.06. The minimum Gasteiger partial charge on any atom is -0.491 e. The summed E-state index contributed by atoms with van der Waals surface area (Å²) < 4.78 is 5.41. The van der Waals surface area contributed by atoms with E-state index in [-0.39, 0.29) is 12.2 Å². The first-order valence-corrected chi connectivity index (χ1v) is 7.06. The zero-order valence-electron chi connectivity index (χ0n) is 11.7. The zero-order valence-corrected chi connectivity index (χ0v) is 12.5. The van der Waals surface area contributed by atoms with Gasteiger partial charge in [0.1, 0.15) is 18.5 Å². The standard InChI is InChI=1S/C16H16ClNO4/c17-12-3-5-13(6-4-12)18-9-14(19)10-22-15-7-1-11(2-8-15)16(20)21/h1-8,14,18-19H,9-10H2,(H,20,21). The van der Waals surface area contributed by atoms with Crippen LogP contribution in [0.5, 0.6) is 5.75 Å². The summed E-state index contributed by atoms with van der Waals surface area (Å²) in [5.41, 5.74) is 1.05. The first-order chi connectivity index (χ1) is 10.5. The molecule has 1 atom stereocenters. The van der Waals surface area contributed by atoms with E-state index in [9.17, 15) is 9.90 Å². The molecule has 0 aliphatic heterocycles. The van der Waals surface area contributed by atoms with Crippen molar-refractivity contribution in [2.75, 3.05) is 18.5 Å². The molecule has 2 aromatic carbocycles. The van der Waals surface area contributed by atoms with Crippen LogP contribution in [0.3, 0.4) is 0 Å². The van der Waals surface area contributed by atoms with Gasteiger partial charge in [0.15, 0.2) is 0 Å². The third kappa shape index (κ3) is 4.95. The lowest BCUT2D eigenvalue weighted by atomic mass is 10.2. The van der Waals surface area contributed by atoms with E-state index in [0.717, 1.165) is 5.69 Å². The van der Waals surface area contributed by atoms with Crippen molar-refractivity contribution < 1.29 is 19.7 Å². The van der Waals surface area contributed by atoms with Gasteiger partial charge in [0, 0.05) is 17.3 Å². The molecule has 22 heavy (non-hydrogen) atoms. The number of anilines is 1. The molecular formula is C16H16ClNO4. The van der Waals surface area contributed by atoms with Crippen molar-refractivity contribution >= 4 is 23.3 Å². The van der Waals surface area contributed by atoms with Crippen LogP contribution in [-0.4, -0.2) is 35.4 Å². The molecule has 0 aromatic heterocycles. The molecule has 116 valence electrons. The molecule has 0 radical (unpaired) electrons. The van der Waals surface area contributed by atoms with Gasteiger partial charge < -0.3 is 20.3 Å². The molecule has 0 spiro atoms. The van der Waals surface area contributed by atoms with Crippen molar-refractivity contribution in [2.24, 2.45) is 0 Å². The number of aromatic carboxylic acids is 1. The van der Waals surface area contributed by atoms with Crippen molar-refractivity contribution in [3.8, 4) is 5.75 Å². The number of rotatable bonds is 7. The summed E-state index contributed by atoms with van der Waals surface area (Å²) in [4.78, 5) is 10.7. The molecule has 0 saturated heterocycles. The molecule has 0 amide bonds. The predicted octanol–water partition coefficient (Wildman–Crippen LogP) is 2.89. The monoisotopic (exact) mass is 321 g/mol. The van der Waals surface area contributed by atoms with Gasteiger partial charge in [-0.15, -0.1) is 0 Å². The molecule has 5 nitrogen and oxygen atoms in total. The second kappa shape index (κ2) is 7.68. The molecule has 6 heteroatoms. The number of hydrogen-bond acceptors (Lipinski definition) is 4. The van der Waals surface area contributed by atoms with Crippen LogP contribution in [0.4, 0.5) is 5.69 Å². The van der Waals surface area contributed by atoms with Gasteiger partial charge in [-0.2, -0.15) is 0 Å². The highest BCUT2D eigenvalue weighted by Crippen LogP contribution is 2.14. The van der Waals surface area contributed by atoms with Crippen molar-refractivity contribution in [1.82, 2.24) is 0 Å². The number of aliphatic hydroxyl groups is 1. The topological polar surface area (TPSA) is 78.8 Å². The smallest absolute Gasteiger partial charge is 0.335 e. The van der Waals surface area contributed by atoms with Gasteiger partial charge >= 0.3 is 5.97 Å². The maximum atomic E-state index is 10.7. The molecular weight excluding hydrogens is 306 g/mol. The van der Waals surface area contributed by atoms with Crippen molar-refractivity contribution in [2.45, 2.75) is 6.10 Å². The summed E-state index contributed by atoms with van der Waals surface area (Å²) in [6.45, 7) is 0.432. The molecule has 1 unspecified atom stereocenters.